The Hall–Kier alpha value is -1.70. The van der Waals surface area contributed by atoms with Gasteiger partial charge in [-0.25, -0.2) is 4.98 Å². The molecule has 1 atom stereocenters. The predicted octanol–water partition coefficient (Wildman–Crippen LogP) is 4.29. The summed E-state index contributed by atoms with van der Waals surface area (Å²) in [5.74, 6) is 0.838. The topological polar surface area (TPSA) is 59.9 Å². The first kappa shape index (κ1) is 25.0. The van der Waals surface area contributed by atoms with Crippen LogP contribution in [0.2, 0.25) is 10.0 Å². The van der Waals surface area contributed by atoms with Crippen LogP contribution in [0.3, 0.4) is 0 Å². The van der Waals surface area contributed by atoms with Crippen LogP contribution in [0.5, 0.6) is 0 Å². The number of piperidine rings is 2. The average molecular weight is 518 g/mol. The first-order valence-corrected chi connectivity index (χ1v) is 13.4. The van der Waals surface area contributed by atoms with E-state index in [1.807, 2.05) is 42.2 Å². The number of rotatable bonds is 6. The van der Waals surface area contributed by atoms with Gasteiger partial charge in [-0.3, -0.25) is 14.6 Å². The van der Waals surface area contributed by atoms with Crippen molar-refractivity contribution in [1.82, 2.24) is 14.8 Å². The number of carbonyl (C=O) groups excluding carboxylic acids is 1. The molecule has 1 N–H and O–H groups in total. The lowest BCUT2D eigenvalue weighted by Crippen LogP contribution is -2.61. The van der Waals surface area contributed by atoms with Crippen molar-refractivity contribution in [3.63, 3.8) is 0 Å². The number of benzene rings is 1. The molecule has 0 aliphatic carbocycles. The Labute approximate surface area is 217 Å². The second-order valence-electron chi connectivity index (χ2n) is 10.5. The molecule has 35 heavy (non-hydrogen) atoms. The molecule has 188 valence electrons. The number of halogens is 2. The Balaban J connectivity index is 1.33. The van der Waals surface area contributed by atoms with Gasteiger partial charge < -0.3 is 10.0 Å². The highest BCUT2D eigenvalue weighted by Gasteiger charge is 2.42. The van der Waals surface area contributed by atoms with Crippen LogP contribution in [0.25, 0.3) is 0 Å². The fraction of sp³-hybridized carbons (Fsp3) is 0.556. The average Bonchev–Trinajstić information content (AvgIpc) is 2.82. The predicted molar refractivity (Wildman–Crippen MR) is 140 cm³/mol. The number of aliphatic hydroxyl groups excluding tert-OH is 1. The number of aromatic nitrogens is 1. The number of amides is 1. The Morgan fingerprint density at radius 3 is 2.60 bits per heavy atom. The zero-order valence-electron chi connectivity index (χ0n) is 20.3. The third kappa shape index (κ3) is 5.37. The van der Waals surface area contributed by atoms with Gasteiger partial charge in [-0.2, -0.15) is 0 Å². The molecule has 6 nitrogen and oxygen atoms in total. The van der Waals surface area contributed by atoms with E-state index in [0.717, 1.165) is 75.5 Å². The molecular formula is C27H34Cl2N4O2. The molecule has 3 saturated heterocycles. The normalized spacial score (nSPS) is 25.1. The molecule has 4 heterocycles. The number of aliphatic hydroxyl groups is 1. The summed E-state index contributed by atoms with van der Waals surface area (Å²) in [5.41, 5.74) is 1.82. The van der Waals surface area contributed by atoms with Crippen LogP contribution >= 0.6 is 23.2 Å². The van der Waals surface area contributed by atoms with Crippen molar-refractivity contribution in [3.05, 3.63) is 57.7 Å². The van der Waals surface area contributed by atoms with Crippen LogP contribution in [0.1, 0.15) is 43.4 Å². The first-order chi connectivity index (χ1) is 16.8. The molecule has 0 bridgehead atoms. The van der Waals surface area contributed by atoms with Gasteiger partial charge >= 0.3 is 0 Å². The molecule has 2 aromatic rings. The standard InChI is InChI=1S/C27H34Cl2N4O2/c1-19-3-2-4-25(30-19)33-18-27(10-7-26(33)35,20-5-6-23(28)24(29)15-20)11-14-31-16-21(17-31)32-12-8-22(34)9-13-32/h2-6,15,21-22,34H,7-14,16-18H2,1H3. The van der Waals surface area contributed by atoms with Crippen LogP contribution in [-0.4, -0.2) is 77.2 Å². The largest absolute Gasteiger partial charge is 0.393 e. The Kier molecular flexibility index (Phi) is 7.38. The van der Waals surface area contributed by atoms with Gasteiger partial charge in [0.2, 0.25) is 5.91 Å². The quantitative estimate of drug-likeness (QED) is 0.620. The molecule has 8 heteroatoms. The Morgan fingerprint density at radius 2 is 1.89 bits per heavy atom. The van der Waals surface area contributed by atoms with E-state index in [-0.39, 0.29) is 17.4 Å². The number of carbonyl (C=O) groups is 1. The van der Waals surface area contributed by atoms with E-state index >= 15 is 0 Å². The Morgan fingerprint density at radius 1 is 1.11 bits per heavy atom. The molecule has 1 amide bonds. The van der Waals surface area contributed by atoms with Crippen molar-refractivity contribution in [3.8, 4) is 0 Å². The zero-order chi connectivity index (χ0) is 24.6. The summed E-state index contributed by atoms with van der Waals surface area (Å²) >= 11 is 12.7. The lowest BCUT2D eigenvalue weighted by atomic mass is 9.71. The molecule has 0 saturated carbocycles. The third-order valence-corrected chi connectivity index (χ3v) is 8.86. The SMILES string of the molecule is Cc1cccc(N2CC(CCN3CC(N4CCC(O)CC4)C3)(c3ccc(Cl)c(Cl)c3)CCC2=O)n1. The molecule has 5 rings (SSSR count). The van der Waals surface area contributed by atoms with Crippen LogP contribution in [-0.2, 0) is 10.2 Å². The van der Waals surface area contributed by atoms with Crippen LogP contribution in [0.15, 0.2) is 36.4 Å². The van der Waals surface area contributed by atoms with E-state index in [4.69, 9.17) is 23.2 Å². The Bertz CT molecular complexity index is 1070. The number of hydrogen-bond acceptors (Lipinski definition) is 5. The highest BCUT2D eigenvalue weighted by molar-refractivity contribution is 6.42. The highest BCUT2D eigenvalue weighted by atomic mass is 35.5. The molecule has 3 aliphatic heterocycles. The van der Waals surface area contributed by atoms with Crippen molar-refractivity contribution in [2.24, 2.45) is 0 Å². The molecular weight excluding hydrogens is 483 g/mol. The lowest BCUT2D eigenvalue weighted by molar-refractivity contribution is -0.120. The summed E-state index contributed by atoms with van der Waals surface area (Å²) in [7, 11) is 0. The van der Waals surface area contributed by atoms with Gasteiger partial charge in [0, 0.05) is 56.3 Å². The molecule has 0 spiro atoms. The van der Waals surface area contributed by atoms with Crippen LogP contribution < -0.4 is 4.90 Å². The lowest BCUT2D eigenvalue weighted by Gasteiger charge is -2.49. The molecule has 1 unspecified atom stereocenters. The maximum Gasteiger partial charge on any atom is 0.228 e. The van der Waals surface area contributed by atoms with E-state index in [9.17, 15) is 9.90 Å². The van der Waals surface area contributed by atoms with Crippen molar-refractivity contribution < 1.29 is 9.90 Å². The molecule has 1 aromatic carbocycles. The number of likely N-dealkylation sites (tertiary alicyclic amines) is 2. The summed E-state index contributed by atoms with van der Waals surface area (Å²) < 4.78 is 0. The van der Waals surface area contributed by atoms with Crippen LogP contribution in [0, 0.1) is 6.92 Å². The van der Waals surface area contributed by atoms with Gasteiger partial charge in [-0.05, 0) is 69.0 Å². The van der Waals surface area contributed by atoms with Gasteiger partial charge in [-0.15, -0.1) is 0 Å². The maximum absolute atomic E-state index is 13.0. The summed E-state index contributed by atoms with van der Waals surface area (Å²) in [6.07, 6.45) is 3.84. The van der Waals surface area contributed by atoms with Gasteiger partial charge in [-0.1, -0.05) is 35.3 Å². The number of nitrogens with zero attached hydrogens (tertiary/aromatic N) is 4. The number of anilines is 1. The fourth-order valence-corrected chi connectivity index (χ4v) is 6.13. The van der Waals surface area contributed by atoms with Crippen molar-refractivity contribution in [2.45, 2.75) is 56.6 Å². The van der Waals surface area contributed by atoms with E-state index in [0.29, 0.717) is 29.1 Å². The van der Waals surface area contributed by atoms with Crippen LogP contribution in [0.4, 0.5) is 5.82 Å². The van der Waals surface area contributed by atoms with Gasteiger partial charge in [0.05, 0.1) is 16.1 Å². The molecule has 0 radical (unpaired) electrons. The van der Waals surface area contributed by atoms with E-state index in [1.54, 1.807) is 0 Å². The highest BCUT2D eigenvalue weighted by Crippen LogP contribution is 2.41. The third-order valence-electron chi connectivity index (χ3n) is 8.12. The minimum absolute atomic E-state index is 0.120. The second-order valence-corrected chi connectivity index (χ2v) is 11.3. The van der Waals surface area contributed by atoms with Gasteiger partial charge in [0.1, 0.15) is 5.82 Å². The summed E-state index contributed by atoms with van der Waals surface area (Å²) in [6.45, 7) is 7.62. The first-order valence-electron chi connectivity index (χ1n) is 12.7. The van der Waals surface area contributed by atoms with Crippen molar-refractivity contribution >= 4 is 34.9 Å². The van der Waals surface area contributed by atoms with Crippen molar-refractivity contribution in [1.29, 1.82) is 0 Å². The van der Waals surface area contributed by atoms with Gasteiger partial charge in [0.15, 0.2) is 0 Å². The molecule has 3 aliphatic rings. The summed E-state index contributed by atoms with van der Waals surface area (Å²) in [4.78, 5) is 24.6. The fourth-order valence-electron chi connectivity index (χ4n) is 5.83. The minimum atomic E-state index is -0.214. The smallest absolute Gasteiger partial charge is 0.228 e. The number of hydrogen-bond donors (Lipinski definition) is 1. The molecule has 3 fully saturated rings. The monoisotopic (exact) mass is 516 g/mol. The minimum Gasteiger partial charge on any atom is -0.393 e. The summed E-state index contributed by atoms with van der Waals surface area (Å²) in [5, 5.41) is 10.9. The zero-order valence-corrected chi connectivity index (χ0v) is 21.8. The van der Waals surface area contributed by atoms with Gasteiger partial charge in [0.25, 0.3) is 0 Å². The second kappa shape index (κ2) is 10.3. The number of pyridine rings is 1. The maximum atomic E-state index is 13.0. The van der Waals surface area contributed by atoms with E-state index in [1.165, 1.54) is 0 Å². The summed E-state index contributed by atoms with van der Waals surface area (Å²) in [6, 6.07) is 12.4. The number of aryl methyl sites for hydroxylation is 1. The van der Waals surface area contributed by atoms with E-state index in [2.05, 4.69) is 20.9 Å². The van der Waals surface area contributed by atoms with E-state index < -0.39 is 0 Å². The van der Waals surface area contributed by atoms with Crippen molar-refractivity contribution in [2.75, 3.05) is 44.2 Å². The molecule has 1 aromatic heterocycles.